The number of aromatic nitrogens is 3. The van der Waals surface area contributed by atoms with Crippen molar-refractivity contribution < 1.29 is 30.6 Å². The molecule has 0 saturated carbocycles. The van der Waals surface area contributed by atoms with Crippen molar-refractivity contribution in [1.82, 2.24) is 14.5 Å². The molecule has 0 aliphatic rings. The number of imidazole rings is 1. The molecule has 0 fully saturated rings. The van der Waals surface area contributed by atoms with Crippen LogP contribution in [0.2, 0.25) is 0 Å². The second kappa shape index (κ2) is 15.0. The third kappa shape index (κ3) is 7.09. The quantitative estimate of drug-likeness (QED) is 0.169. The number of phenolic OH excluding ortho intramolecular Hbond substituents is 1. The molecule has 0 unspecified atom stereocenters. The molecule has 58 heavy (non-hydrogen) atoms. The van der Waals surface area contributed by atoms with Gasteiger partial charge < -0.3 is 9.52 Å². The molecule has 9 aromatic rings. The van der Waals surface area contributed by atoms with Crippen molar-refractivity contribution in [3.8, 4) is 67.7 Å². The normalized spacial score (nSPS) is 11.9. The van der Waals surface area contributed by atoms with Crippen LogP contribution >= 0.6 is 0 Å². The zero-order valence-electron chi connectivity index (χ0n) is 33.4. The molecule has 3 aromatic heterocycles. The fourth-order valence-electron chi connectivity index (χ4n) is 7.69. The van der Waals surface area contributed by atoms with Gasteiger partial charge in [-0.1, -0.05) is 156 Å². The van der Waals surface area contributed by atoms with Crippen LogP contribution in [0.4, 0.5) is 0 Å². The van der Waals surface area contributed by atoms with Gasteiger partial charge in [0.1, 0.15) is 17.3 Å². The van der Waals surface area contributed by atoms with Crippen LogP contribution in [0, 0.1) is 6.07 Å². The Bertz CT molecular complexity index is 2930. The first-order valence-corrected chi connectivity index (χ1v) is 19.5. The third-order valence-electron chi connectivity index (χ3n) is 10.8. The van der Waals surface area contributed by atoms with E-state index in [0.29, 0.717) is 11.4 Å². The van der Waals surface area contributed by atoms with Crippen LogP contribution in [-0.2, 0) is 31.9 Å². The summed E-state index contributed by atoms with van der Waals surface area (Å²) < 4.78 is 8.39. The fraction of sp³-hybridized carbons (Fsp3) is 0.154. The molecule has 6 heteroatoms. The molecule has 0 aliphatic carbocycles. The number of para-hydroxylation sites is 2. The van der Waals surface area contributed by atoms with E-state index in [1.54, 1.807) is 6.20 Å². The van der Waals surface area contributed by atoms with Gasteiger partial charge in [-0.2, -0.15) is 0 Å². The number of nitrogens with zero attached hydrogens (tertiary/aromatic N) is 3. The number of benzene rings is 6. The summed E-state index contributed by atoms with van der Waals surface area (Å²) in [7, 11) is 0. The molecule has 0 bridgehead atoms. The molecule has 0 amide bonds. The summed E-state index contributed by atoms with van der Waals surface area (Å²) >= 11 is 0. The predicted octanol–water partition coefficient (Wildman–Crippen LogP) is 13.6. The SMILES string of the molecule is CC(C)(C)c1cc(-c2nc3c(-c4[c-]c(-c5cc6cc(-c7ccccc7)oc6cn5)ccc4)cccc3n2-c2ccccc2-c2ccccc2)c(O)c(C(C)(C)C)c1.[Pt]. The van der Waals surface area contributed by atoms with Crippen LogP contribution in [-0.4, -0.2) is 19.6 Å². The Balaban J connectivity index is 0.00000469. The van der Waals surface area contributed by atoms with Gasteiger partial charge in [-0.05, 0) is 46.2 Å². The van der Waals surface area contributed by atoms with Crippen molar-refractivity contribution in [2.75, 3.05) is 0 Å². The smallest absolute Gasteiger partial charge is 0.151 e. The Labute approximate surface area is 354 Å². The van der Waals surface area contributed by atoms with E-state index in [0.717, 1.165) is 83.7 Å². The third-order valence-corrected chi connectivity index (χ3v) is 10.8. The van der Waals surface area contributed by atoms with Crippen LogP contribution in [0.1, 0.15) is 52.7 Å². The van der Waals surface area contributed by atoms with Crippen LogP contribution < -0.4 is 0 Å². The number of rotatable bonds is 6. The Hall–Kier alpha value is -6.03. The van der Waals surface area contributed by atoms with Gasteiger partial charge in [0.15, 0.2) is 5.58 Å². The van der Waals surface area contributed by atoms with E-state index in [1.807, 2.05) is 48.5 Å². The molecule has 6 aromatic carbocycles. The van der Waals surface area contributed by atoms with Crippen molar-refractivity contribution in [2.24, 2.45) is 0 Å². The number of hydrogen-bond acceptors (Lipinski definition) is 4. The molecular weight excluding hydrogens is 894 g/mol. The van der Waals surface area contributed by atoms with Crippen LogP contribution in [0.5, 0.6) is 5.75 Å². The molecule has 9 rings (SSSR count). The van der Waals surface area contributed by atoms with E-state index in [2.05, 4.69) is 149 Å². The molecule has 0 atom stereocenters. The van der Waals surface area contributed by atoms with Gasteiger partial charge >= 0.3 is 0 Å². The number of fused-ring (bicyclic) bond motifs is 2. The predicted molar refractivity (Wildman–Crippen MR) is 234 cm³/mol. The fourth-order valence-corrected chi connectivity index (χ4v) is 7.69. The monoisotopic (exact) mass is 937 g/mol. The van der Waals surface area contributed by atoms with Gasteiger partial charge in [0.25, 0.3) is 0 Å². The number of pyridine rings is 1. The maximum Gasteiger partial charge on any atom is 0.151 e. The van der Waals surface area contributed by atoms with Crippen LogP contribution in [0.25, 0.3) is 83.9 Å². The zero-order valence-corrected chi connectivity index (χ0v) is 35.7. The maximum atomic E-state index is 12.3. The number of furan rings is 1. The summed E-state index contributed by atoms with van der Waals surface area (Å²) in [6.07, 6.45) is 1.79. The standard InChI is InChI=1S/C52H44N3O2.Pt/c1-51(2,3)38-30-41(49(56)42(31-38)52(4,5)6)50-54-48-40(24-16-26-45(48)55(50)44-25-14-13-23-39(44)33-17-9-7-10-18-33)35-21-15-22-36(27-35)43-28-37-29-46(57-47(37)32-53-43)34-19-11-8-12-20-34;/h7-26,28-32,56H,1-6H3;/q-1;. The van der Waals surface area contributed by atoms with Gasteiger partial charge in [0, 0.05) is 48.8 Å². The van der Waals surface area contributed by atoms with Crippen LogP contribution in [0.15, 0.2) is 156 Å². The molecule has 0 spiro atoms. The molecule has 290 valence electrons. The summed E-state index contributed by atoms with van der Waals surface area (Å²) in [5, 5.41) is 13.2. The van der Waals surface area contributed by atoms with E-state index in [4.69, 9.17) is 14.4 Å². The van der Waals surface area contributed by atoms with Gasteiger partial charge in [0.2, 0.25) is 0 Å². The van der Waals surface area contributed by atoms with Gasteiger partial charge in [0.05, 0.1) is 28.5 Å². The maximum absolute atomic E-state index is 12.3. The average Bonchev–Trinajstić information content (AvgIpc) is 3.83. The number of hydrogen-bond donors (Lipinski definition) is 1. The van der Waals surface area contributed by atoms with Crippen LogP contribution in [0.3, 0.4) is 0 Å². The van der Waals surface area contributed by atoms with Crippen molar-refractivity contribution in [3.63, 3.8) is 0 Å². The molecule has 0 radical (unpaired) electrons. The molecular formula is C52H44N3O2Pt-. The first-order valence-electron chi connectivity index (χ1n) is 19.5. The van der Waals surface area contributed by atoms with E-state index >= 15 is 0 Å². The molecule has 0 saturated heterocycles. The van der Waals surface area contributed by atoms with Crippen molar-refractivity contribution in [3.05, 3.63) is 169 Å². The largest absolute Gasteiger partial charge is 0.507 e. The van der Waals surface area contributed by atoms with E-state index < -0.39 is 0 Å². The van der Waals surface area contributed by atoms with Gasteiger partial charge in [-0.15, -0.1) is 29.8 Å². The minimum absolute atomic E-state index is 0. The summed E-state index contributed by atoms with van der Waals surface area (Å²) in [5.74, 6) is 1.73. The minimum Gasteiger partial charge on any atom is -0.507 e. The van der Waals surface area contributed by atoms with Crippen molar-refractivity contribution >= 4 is 22.0 Å². The van der Waals surface area contributed by atoms with E-state index in [1.165, 1.54) is 0 Å². The Kier molecular flexibility index (Phi) is 10.1. The molecule has 1 N–H and O–H groups in total. The van der Waals surface area contributed by atoms with Gasteiger partial charge in [-0.3, -0.25) is 9.55 Å². The average molecular weight is 938 g/mol. The Morgan fingerprint density at radius 2 is 1.28 bits per heavy atom. The molecule has 5 nitrogen and oxygen atoms in total. The van der Waals surface area contributed by atoms with Crippen molar-refractivity contribution in [2.45, 2.75) is 52.4 Å². The second-order valence-corrected chi connectivity index (χ2v) is 16.8. The van der Waals surface area contributed by atoms with Gasteiger partial charge in [-0.25, -0.2) is 4.98 Å². The summed E-state index contributed by atoms with van der Waals surface area (Å²) in [4.78, 5) is 10.3. The molecule has 3 heterocycles. The topological polar surface area (TPSA) is 64.1 Å². The van der Waals surface area contributed by atoms with Crippen molar-refractivity contribution in [1.29, 1.82) is 0 Å². The number of phenols is 1. The van der Waals surface area contributed by atoms with E-state index in [-0.39, 0.29) is 37.6 Å². The zero-order chi connectivity index (χ0) is 39.5. The first kappa shape index (κ1) is 38.8. The minimum atomic E-state index is -0.309. The second-order valence-electron chi connectivity index (χ2n) is 16.8. The first-order chi connectivity index (χ1) is 27.4. The summed E-state index contributed by atoms with van der Waals surface area (Å²) in [6.45, 7) is 13.1. The summed E-state index contributed by atoms with van der Waals surface area (Å²) in [6, 6.07) is 53.6. The summed E-state index contributed by atoms with van der Waals surface area (Å²) in [5.41, 5.74) is 12.4. The Morgan fingerprint density at radius 3 is 2.00 bits per heavy atom. The Morgan fingerprint density at radius 1 is 0.621 bits per heavy atom. The van der Waals surface area contributed by atoms with E-state index in [9.17, 15) is 5.11 Å². The number of aromatic hydroxyl groups is 1. The molecule has 0 aliphatic heterocycles.